The Morgan fingerprint density at radius 3 is 2.71 bits per heavy atom. The summed E-state index contributed by atoms with van der Waals surface area (Å²) in [6.45, 7) is 0. The van der Waals surface area contributed by atoms with E-state index in [4.69, 9.17) is 0 Å². The van der Waals surface area contributed by atoms with Gasteiger partial charge in [-0.3, -0.25) is 4.68 Å². The third-order valence-electron chi connectivity index (χ3n) is 1.89. The van der Waals surface area contributed by atoms with Crippen molar-refractivity contribution in [2.24, 2.45) is 7.05 Å². The second-order valence-electron chi connectivity index (χ2n) is 3.07. The molecule has 72 valence electrons. The van der Waals surface area contributed by atoms with E-state index in [1.807, 2.05) is 0 Å². The highest BCUT2D eigenvalue weighted by atomic mass is 19.1. The number of hydrogen-bond donors (Lipinski definition) is 1. The Hall–Kier alpha value is -1.84. The van der Waals surface area contributed by atoms with Gasteiger partial charge in [-0.25, -0.2) is 4.39 Å². The van der Waals surface area contributed by atoms with Crippen molar-refractivity contribution in [2.75, 3.05) is 0 Å². The number of aromatic hydroxyl groups is 1. The van der Waals surface area contributed by atoms with Gasteiger partial charge in [0.1, 0.15) is 11.6 Å². The van der Waals surface area contributed by atoms with Crippen LogP contribution in [0.25, 0.3) is 11.3 Å². The van der Waals surface area contributed by atoms with Crippen molar-refractivity contribution in [1.29, 1.82) is 0 Å². The molecule has 0 fully saturated rings. The average Bonchev–Trinajstić information content (AvgIpc) is 2.50. The standard InChI is InChI=1S/C10H9FN2O/c1-13-3-2-10(12-13)7-4-8(11)6-9(14)5-7/h2-6,14H,1H3. The molecule has 1 aromatic heterocycles. The van der Waals surface area contributed by atoms with Crippen molar-refractivity contribution in [3.8, 4) is 17.0 Å². The summed E-state index contributed by atoms with van der Waals surface area (Å²) >= 11 is 0. The van der Waals surface area contributed by atoms with Crippen LogP contribution in [0.15, 0.2) is 30.5 Å². The van der Waals surface area contributed by atoms with E-state index in [-0.39, 0.29) is 5.75 Å². The van der Waals surface area contributed by atoms with Crippen molar-refractivity contribution in [3.05, 3.63) is 36.3 Å². The molecule has 1 aromatic carbocycles. The van der Waals surface area contributed by atoms with E-state index in [0.717, 1.165) is 6.07 Å². The largest absolute Gasteiger partial charge is 0.508 e. The SMILES string of the molecule is Cn1ccc(-c2cc(O)cc(F)c2)n1. The maximum absolute atomic E-state index is 12.9. The van der Waals surface area contributed by atoms with E-state index in [1.54, 1.807) is 24.0 Å². The first-order valence-corrected chi connectivity index (χ1v) is 4.15. The van der Waals surface area contributed by atoms with Crippen LogP contribution in [-0.2, 0) is 7.05 Å². The molecule has 0 saturated carbocycles. The van der Waals surface area contributed by atoms with Crippen LogP contribution < -0.4 is 0 Å². The summed E-state index contributed by atoms with van der Waals surface area (Å²) in [5.74, 6) is -0.559. The molecule has 1 heterocycles. The number of halogens is 1. The minimum atomic E-state index is -0.467. The number of nitrogens with zero attached hydrogens (tertiary/aromatic N) is 2. The van der Waals surface area contributed by atoms with Crippen molar-refractivity contribution < 1.29 is 9.50 Å². The number of phenolic OH excluding ortho intramolecular Hbond substituents is 1. The Labute approximate surface area is 80.4 Å². The van der Waals surface area contributed by atoms with Crippen LogP contribution in [0, 0.1) is 5.82 Å². The molecule has 0 unspecified atom stereocenters. The minimum Gasteiger partial charge on any atom is -0.508 e. The summed E-state index contributed by atoms with van der Waals surface area (Å²) in [5.41, 5.74) is 1.21. The maximum atomic E-state index is 12.9. The number of rotatable bonds is 1. The number of aryl methyl sites for hydroxylation is 1. The summed E-state index contributed by atoms with van der Waals surface area (Å²) in [7, 11) is 1.78. The van der Waals surface area contributed by atoms with Crippen LogP contribution in [0.2, 0.25) is 0 Å². The van der Waals surface area contributed by atoms with Gasteiger partial charge in [0.2, 0.25) is 0 Å². The topological polar surface area (TPSA) is 38.0 Å². The Balaban J connectivity index is 2.51. The highest BCUT2D eigenvalue weighted by Gasteiger charge is 2.04. The van der Waals surface area contributed by atoms with Gasteiger partial charge in [0.25, 0.3) is 0 Å². The first kappa shape index (κ1) is 8.74. The lowest BCUT2D eigenvalue weighted by Gasteiger charge is -1.98. The maximum Gasteiger partial charge on any atom is 0.127 e. The minimum absolute atomic E-state index is 0.0920. The predicted molar refractivity (Wildman–Crippen MR) is 50.3 cm³/mol. The fourth-order valence-corrected chi connectivity index (χ4v) is 1.29. The summed E-state index contributed by atoms with van der Waals surface area (Å²) in [6, 6.07) is 5.63. The highest BCUT2D eigenvalue weighted by molar-refractivity contribution is 5.60. The van der Waals surface area contributed by atoms with E-state index in [2.05, 4.69) is 5.10 Å². The molecule has 0 spiro atoms. The zero-order valence-corrected chi connectivity index (χ0v) is 7.61. The quantitative estimate of drug-likeness (QED) is 0.749. The van der Waals surface area contributed by atoms with Gasteiger partial charge < -0.3 is 5.11 Å². The van der Waals surface area contributed by atoms with Crippen molar-refractivity contribution >= 4 is 0 Å². The Morgan fingerprint density at radius 1 is 1.36 bits per heavy atom. The molecule has 0 atom stereocenters. The molecule has 0 aliphatic rings. The molecular weight excluding hydrogens is 183 g/mol. The lowest BCUT2D eigenvalue weighted by atomic mass is 10.1. The fraction of sp³-hybridized carbons (Fsp3) is 0.100. The fourth-order valence-electron chi connectivity index (χ4n) is 1.29. The number of phenols is 1. The van der Waals surface area contributed by atoms with Crippen LogP contribution in [0.1, 0.15) is 0 Å². The predicted octanol–water partition coefficient (Wildman–Crippen LogP) is 1.93. The van der Waals surface area contributed by atoms with Crippen molar-refractivity contribution in [3.63, 3.8) is 0 Å². The monoisotopic (exact) mass is 192 g/mol. The molecule has 4 heteroatoms. The van der Waals surface area contributed by atoms with Crippen LogP contribution in [0.5, 0.6) is 5.75 Å². The van der Waals surface area contributed by atoms with Crippen LogP contribution >= 0.6 is 0 Å². The Morgan fingerprint density at radius 2 is 2.14 bits per heavy atom. The van der Waals surface area contributed by atoms with E-state index in [0.29, 0.717) is 11.3 Å². The summed E-state index contributed by atoms with van der Waals surface area (Å²) in [4.78, 5) is 0. The number of benzene rings is 1. The molecule has 0 amide bonds. The van der Waals surface area contributed by atoms with Crippen molar-refractivity contribution in [2.45, 2.75) is 0 Å². The molecule has 0 radical (unpaired) electrons. The Bertz CT molecular complexity index is 445. The molecule has 0 aliphatic heterocycles. The molecule has 2 aromatic rings. The van der Waals surface area contributed by atoms with Gasteiger partial charge in [-0.2, -0.15) is 5.10 Å². The summed E-state index contributed by atoms with van der Waals surface area (Å²) in [5, 5.41) is 13.3. The third kappa shape index (κ3) is 1.59. The van der Waals surface area contributed by atoms with Gasteiger partial charge in [-0.05, 0) is 18.2 Å². The van der Waals surface area contributed by atoms with E-state index < -0.39 is 5.82 Å². The first-order valence-electron chi connectivity index (χ1n) is 4.15. The zero-order chi connectivity index (χ0) is 10.1. The van der Waals surface area contributed by atoms with Gasteiger partial charge in [-0.15, -0.1) is 0 Å². The summed E-state index contributed by atoms with van der Waals surface area (Å²) in [6.07, 6.45) is 1.76. The van der Waals surface area contributed by atoms with Crippen LogP contribution in [0.4, 0.5) is 4.39 Å². The highest BCUT2D eigenvalue weighted by Crippen LogP contribution is 2.23. The average molecular weight is 192 g/mol. The van der Waals surface area contributed by atoms with Crippen molar-refractivity contribution in [1.82, 2.24) is 9.78 Å². The Kier molecular flexibility index (Phi) is 1.96. The second kappa shape index (κ2) is 3.14. The van der Waals surface area contributed by atoms with Crippen LogP contribution in [0.3, 0.4) is 0 Å². The molecule has 14 heavy (non-hydrogen) atoms. The number of hydrogen-bond acceptors (Lipinski definition) is 2. The smallest absolute Gasteiger partial charge is 0.127 e. The van der Waals surface area contributed by atoms with Gasteiger partial charge in [0, 0.05) is 24.9 Å². The van der Waals surface area contributed by atoms with E-state index >= 15 is 0 Å². The molecule has 2 rings (SSSR count). The van der Waals surface area contributed by atoms with Gasteiger partial charge in [0.05, 0.1) is 5.69 Å². The first-order chi connectivity index (χ1) is 6.65. The van der Waals surface area contributed by atoms with E-state index in [9.17, 15) is 9.50 Å². The second-order valence-corrected chi connectivity index (χ2v) is 3.07. The normalized spacial score (nSPS) is 10.4. The van der Waals surface area contributed by atoms with Crippen LogP contribution in [-0.4, -0.2) is 14.9 Å². The molecule has 0 aliphatic carbocycles. The molecular formula is C10H9FN2O. The van der Waals surface area contributed by atoms with Gasteiger partial charge >= 0.3 is 0 Å². The molecule has 1 N–H and O–H groups in total. The summed E-state index contributed by atoms with van der Waals surface area (Å²) < 4.78 is 14.5. The molecule has 3 nitrogen and oxygen atoms in total. The zero-order valence-electron chi connectivity index (χ0n) is 7.61. The van der Waals surface area contributed by atoms with E-state index in [1.165, 1.54) is 12.1 Å². The lowest BCUT2D eigenvalue weighted by molar-refractivity contribution is 0.469. The molecule has 0 saturated heterocycles. The molecule has 0 bridgehead atoms. The third-order valence-corrected chi connectivity index (χ3v) is 1.89. The number of aromatic nitrogens is 2. The lowest BCUT2D eigenvalue weighted by Crippen LogP contribution is -1.88. The van der Waals surface area contributed by atoms with Gasteiger partial charge in [0.15, 0.2) is 0 Å². The van der Waals surface area contributed by atoms with Gasteiger partial charge in [-0.1, -0.05) is 0 Å².